The lowest BCUT2D eigenvalue weighted by Gasteiger charge is -2.17. The van der Waals surface area contributed by atoms with Gasteiger partial charge < -0.3 is 14.6 Å². The van der Waals surface area contributed by atoms with Gasteiger partial charge in [-0.1, -0.05) is 30.3 Å². The molecular formula is C25H24N2O4. The number of nitrogens with zero attached hydrogens (tertiary/aromatic N) is 1. The van der Waals surface area contributed by atoms with Crippen LogP contribution >= 0.6 is 0 Å². The Morgan fingerprint density at radius 3 is 2.58 bits per heavy atom. The van der Waals surface area contributed by atoms with Crippen LogP contribution in [0, 0.1) is 13.8 Å². The zero-order chi connectivity index (χ0) is 22.0. The number of aryl methyl sites for hydroxylation is 2. The Balaban J connectivity index is 1.43. The summed E-state index contributed by atoms with van der Waals surface area (Å²) in [6, 6.07) is 16.9. The van der Waals surface area contributed by atoms with Crippen molar-refractivity contribution in [2.45, 2.75) is 33.2 Å². The number of aromatic nitrogens is 1. The van der Waals surface area contributed by atoms with Gasteiger partial charge in [0.1, 0.15) is 0 Å². The van der Waals surface area contributed by atoms with Crippen LogP contribution in [0.2, 0.25) is 0 Å². The van der Waals surface area contributed by atoms with E-state index in [0.29, 0.717) is 30.5 Å². The normalized spacial score (nSPS) is 12.8. The number of fused-ring (bicyclic) bond motifs is 1. The molecule has 0 atom stereocenters. The van der Waals surface area contributed by atoms with Crippen molar-refractivity contribution < 1.29 is 19.1 Å². The maximum atomic E-state index is 12.7. The number of esters is 1. The lowest BCUT2D eigenvalue weighted by molar-refractivity contribution is -0.116. The molecule has 0 radical (unpaired) electrons. The fourth-order valence-electron chi connectivity index (χ4n) is 3.87. The average molecular weight is 416 g/mol. The minimum atomic E-state index is -0.508. The summed E-state index contributed by atoms with van der Waals surface area (Å²) < 4.78 is 7.39. The molecule has 158 valence electrons. The maximum absolute atomic E-state index is 12.7. The van der Waals surface area contributed by atoms with E-state index in [0.717, 1.165) is 28.2 Å². The molecule has 6 nitrogen and oxygen atoms in total. The zero-order valence-corrected chi connectivity index (χ0v) is 17.6. The van der Waals surface area contributed by atoms with Crippen molar-refractivity contribution in [2.24, 2.45) is 0 Å². The molecule has 6 heteroatoms. The number of carbonyl (C=O) groups excluding carboxylic acids is 3. The van der Waals surface area contributed by atoms with Crippen molar-refractivity contribution in [1.29, 1.82) is 0 Å². The van der Waals surface area contributed by atoms with Crippen LogP contribution in [-0.2, 0) is 22.5 Å². The smallest absolute Gasteiger partial charge is 0.340 e. The molecular weight excluding hydrogens is 392 g/mol. The molecule has 1 aliphatic rings. The summed E-state index contributed by atoms with van der Waals surface area (Å²) in [5, 5.41) is 2.79. The number of ether oxygens (including phenoxy) is 1. The highest BCUT2D eigenvalue weighted by Gasteiger charge is 2.20. The quantitative estimate of drug-likeness (QED) is 0.485. The van der Waals surface area contributed by atoms with Crippen LogP contribution in [0.1, 0.15) is 49.7 Å². The van der Waals surface area contributed by atoms with Crippen molar-refractivity contribution in [3.8, 4) is 0 Å². The minimum absolute atomic E-state index is 0.0228. The number of carbonyl (C=O) groups is 3. The lowest BCUT2D eigenvalue weighted by Crippen LogP contribution is -2.20. The van der Waals surface area contributed by atoms with Crippen LogP contribution in [0.3, 0.4) is 0 Å². The second-order valence-electron chi connectivity index (χ2n) is 7.78. The van der Waals surface area contributed by atoms with E-state index < -0.39 is 5.97 Å². The van der Waals surface area contributed by atoms with Crippen molar-refractivity contribution >= 4 is 23.3 Å². The van der Waals surface area contributed by atoms with E-state index in [2.05, 4.69) is 9.88 Å². The van der Waals surface area contributed by atoms with E-state index in [1.807, 2.05) is 44.2 Å². The van der Waals surface area contributed by atoms with E-state index in [-0.39, 0.29) is 18.3 Å². The fourth-order valence-corrected chi connectivity index (χ4v) is 3.87. The first-order chi connectivity index (χ1) is 14.9. The van der Waals surface area contributed by atoms with E-state index >= 15 is 0 Å². The first-order valence-electron chi connectivity index (χ1n) is 10.3. The first-order valence-corrected chi connectivity index (χ1v) is 10.3. The van der Waals surface area contributed by atoms with Crippen molar-refractivity contribution in [3.05, 3.63) is 88.2 Å². The van der Waals surface area contributed by atoms with Gasteiger partial charge in [-0.05, 0) is 55.7 Å². The van der Waals surface area contributed by atoms with E-state index in [1.54, 1.807) is 24.3 Å². The second-order valence-corrected chi connectivity index (χ2v) is 7.78. The first kappa shape index (κ1) is 20.6. The highest BCUT2D eigenvalue weighted by atomic mass is 16.5. The lowest BCUT2D eigenvalue weighted by atomic mass is 9.99. The Hall–Kier alpha value is -3.67. The second kappa shape index (κ2) is 8.60. The predicted octanol–water partition coefficient (Wildman–Crippen LogP) is 4.08. The summed E-state index contributed by atoms with van der Waals surface area (Å²) >= 11 is 0. The Kier molecular flexibility index (Phi) is 5.71. The molecule has 2 heterocycles. The maximum Gasteiger partial charge on any atom is 0.340 e. The SMILES string of the molecule is Cc1cc(C(=O)OCC(=O)c2ccc3c(c2)CCC(=O)N3)c(C)n1Cc1ccccc1. The van der Waals surface area contributed by atoms with Crippen LogP contribution in [0.15, 0.2) is 54.6 Å². The molecule has 4 rings (SSSR count). The highest BCUT2D eigenvalue weighted by Crippen LogP contribution is 2.24. The largest absolute Gasteiger partial charge is 0.454 e. The monoisotopic (exact) mass is 416 g/mol. The van der Waals surface area contributed by atoms with E-state index in [9.17, 15) is 14.4 Å². The Morgan fingerprint density at radius 1 is 1.03 bits per heavy atom. The third-order valence-electron chi connectivity index (χ3n) is 5.63. The van der Waals surface area contributed by atoms with Gasteiger partial charge in [-0.25, -0.2) is 4.79 Å². The van der Waals surface area contributed by atoms with Crippen LogP contribution in [0.4, 0.5) is 5.69 Å². The topological polar surface area (TPSA) is 77.4 Å². The molecule has 1 amide bonds. The van der Waals surface area contributed by atoms with Gasteiger partial charge >= 0.3 is 5.97 Å². The van der Waals surface area contributed by atoms with Gasteiger partial charge in [-0.15, -0.1) is 0 Å². The average Bonchev–Trinajstić information content (AvgIpc) is 3.06. The Morgan fingerprint density at radius 2 is 1.81 bits per heavy atom. The minimum Gasteiger partial charge on any atom is -0.454 e. The molecule has 3 aromatic rings. The zero-order valence-electron chi connectivity index (χ0n) is 17.6. The van der Waals surface area contributed by atoms with Crippen molar-refractivity contribution in [2.75, 3.05) is 11.9 Å². The van der Waals surface area contributed by atoms with E-state index in [1.165, 1.54) is 0 Å². The number of benzene rings is 2. The van der Waals surface area contributed by atoms with Crippen molar-refractivity contribution in [3.63, 3.8) is 0 Å². The third kappa shape index (κ3) is 4.43. The molecule has 31 heavy (non-hydrogen) atoms. The van der Waals surface area contributed by atoms with Crippen LogP contribution in [0.5, 0.6) is 0 Å². The summed E-state index contributed by atoms with van der Waals surface area (Å²) in [7, 11) is 0. The van der Waals surface area contributed by atoms with E-state index in [4.69, 9.17) is 4.74 Å². The van der Waals surface area contributed by atoms with Gasteiger partial charge in [0.25, 0.3) is 0 Å². The summed E-state index contributed by atoms with van der Waals surface area (Å²) in [5.41, 5.74) is 5.49. The molecule has 1 N–H and O–H groups in total. The van der Waals surface area contributed by atoms with Gasteiger partial charge in [0.05, 0.1) is 5.56 Å². The summed E-state index contributed by atoms with van der Waals surface area (Å²) in [5.74, 6) is -0.803. The highest BCUT2D eigenvalue weighted by molar-refractivity contribution is 6.01. The molecule has 0 spiro atoms. The molecule has 0 aliphatic carbocycles. The van der Waals surface area contributed by atoms with Gasteiger partial charge in [-0.3, -0.25) is 9.59 Å². The number of hydrogen-bond acceptors (Lipinski definition) is 4. The van der Waals surface area contributed by atoms with Crippen LogP contribution < -0.4 is 5.32 Å². The molecule has 2 aromatic carbocycles. The molecule has 1 aliphatic heterocycles. The third-order valence-corrected chi connectivity index (χ3v) is 5.63. The number of amides is 1. The molecule has 0 unspecified atom stereocenters. The van der Waals surface area contributed by atoms with Gasteiger partial charge in [0, 0.05) is 35.6 Å². The number of anilines is 1. The Bertz CT molecular complexity index is 1160. The number of rotatable bonds is 6. The summed E-state index contributed by atoms with van der Waals surface area (Å²) in [6.07, 6.45) is 0.994. The number of Topliss-reactive ketones (excluding diaryl/α,β-unsaturated/α-hetero) is 1. The molecule has 1 aromatic heterocycles. The van der Waals surface area contributed by atoms with Gasteiger partial charge in [0.15, 0.2) is 12.4 Å². The molecule has 0 fully saturated rings. The summed E-state index contributed by atoms with van der Waals surface area (Å²) in [4.78, 5) is 36.7. The van der Waals surface area contributed by atoms with Crippen molar-refractivity contribution in [1.82, 2.24) is 4.57 Å². The van der Waals surface area contributed by atoms with Crippen LogP contribution in [0.25, 0.3) is 0 Å². The van der Waals surface area contributed by atoms with Gasteiger partial charge in [0.2, 0.25) is 5.91 Å². The Labute approximate surface area is 180 Å². The van der Waals surface area contributed by atoms with Crippen LogP contribution in [-0.4, -0.2) is 28.8 Å². The van der Waals surface area contributed by atoms with Gasteiger partial charge in [-0.2, -0.15) is 0 Å². The fraction of sp³-hybridized carbons (Fsp3) is 0.240. The number of ketones is 1. The number of nitrogens with one attached hydrogen (secondary N) is 1. The molecule has 0 saturated carbocycles. The number of hydrogen-bond donors (Lipinski definition) is 1. The molecule has 0 saturated heterocycles. The molecule has 0 bridgehead atoms. The predicted molar refractivity (Wildman–Crippen MR) is 117 cm³/mol. The summed E-state index contributed by atoms with van der Waals surface area (Å²) in [6.45, 7) is 4.17. The standard InChI is InChI=1S/C25H24N2O4/c1-16-12-21(17(2)27(16)14-18-6-4-3-5-7-18)25(30)31-15-23(28)20-8-10-22-19(13-20)9-11-24(29)26-22/h3-8,10,12-13H,9,11,14-15H2,1-2H3,(H,26,29).